The van der Waals surface area contributed by atoms with Crippen LogP contribution in [0.4, 0.5) is 0 Å². The summed E-state index contributed by atoms with van der Waals surface area (Å²) in [6.07, 6.45) is 1.37. The normalized spacial score (nSPS) is 21.0. The summed E-state index contributed by atoms with van der Waals surface area (Å²) >= 11 is 0. The topological polar surface area (TPSA) is 0 Å². The predicted octanol–water partition coefficient (Wildman–Crippen LogP) is 5.31. The second kappa shape index (κ2) is 5.10. The molecule has 0 unspecified atom stereocenters. The summed E-state index contributed by atoms with van der Waals surface area (Å²) in [7, 11) is -1.36. The molecule has 0 amide bonds. The fourth-order valence-corrected chi connectivity index (χ4v) is 7.40. The van der Waals surface area contributed by atoms with E-state index in [0.29, 0.717) is 0 Å². The zero-order valence-corrected chi connectivity index (χ0v) is 14.3. The molecule has 3 aromatic rings. The van der Waals surface area contributed by atoms with Crippen LogP contribution in [-0.4, -0.2) is 8.07 Å². The van der Waals surface area contributed by atoms with E-state index in [1.165, 1.54) is 17.2 Å². The van der Waals surface area contributed by atoms with Gasteiger partial charge in [0, 0.05) is 0 Å². The van der Waals surface area contributed by atoms with E-state index in [1.807, 2.05) is 0 Å². The van der Waals surface area contributed by atoms with Crippen molar-refractivity contribution in [2.45, 2.75) is 31.0 Å². The lowest BCUT2D eigenvalue weighted by molar-refractivity contribution is 1.12. The maximum Gasteiger partial charge on any atom is 0.0843 e. The van der Waals surface area contributed by atoms with Crippen molar-refractivity contribution < 1.29 is 0 Å². The van der Waals surface area contributed by atoms with Crippen molar-refractivity contribution in [2.75, 3.05) is 0 Å². The van der Waals surface area contributed by atoms with Crippen LogP contribution in [0.1, 0.15) is 17.9 Å². The molecular weight excluding hydrogens is 280 g/mol. The van der Waals surface area contributed by atoms with Crippen molar-refractivity contribution in [2.24, 2.45) is 0 Å². The van der Waals surface area contributed by atoms with E-state index in [9.17, 15) is 0 Å². The van der Waals surface area contributed by atoms with Gasteiger partial charge in [-0.2, -0.15) is 0 Å². The Morgan fingerprint density at radius 3 is 2.23 bits per heavy atom. The molecule has 1 fully saturated rings. The average Bonchev–Trinajstić information content (AvgIpc) is 3.37. The van der Waals surface area contributed by atoms with Crippen molar-refractivity contribution in [1.82, 2.24) is 0 Å². The molecule has 0 heterocycles. The average molecular weight is 302 g/mol. The predicted molar refractivity (Wildman–Crippen MR) is 98.6 cm³/mol. The second-order valence-corrected chi connectivity index (χ2v) is 11.9. The smallest absolute Gasteiger partial charge is 0.0652 e. The van der Waals surface area contributed by atoms with Crippen molar-refractivity contribution in [1.29, 1.82) is 0 Å². The van der Waals surface area contributed by atoms with Gasteiger partial charge in [-0.3, -0.25) is 0 Å². The summed E-state index contributed by atoms with van der Waals surface area (Å²) in [5.41, 5.74) is 2.43. The molecule has 1 aliphatic carbocycles. The van der Waals surface area contributed by atoms with Crippen LogP contribution in [0, 0.1) is 0 Å². The van der Waals surface area contributed by atoms with Crippen LogP contribution in [0.3, 0.4) is 0 Å². The molecule has 0 bridgehead atoms. The maximum atomic E-state index is 2.54. The van der Waals surface area contributed by atoms with Gasteiger partial charge in [0.15, 0.2) is 0 Å². The molecule has 0 aromatic heterocycles. The van der Waals surface area contributed by atoms with Crippen LogP contribution in [0.25, 0.3) is 10.8 Å². The Morgan fingerprint density at radius 1 is 0.773 bits per heavy atom. The molecule has 0 N–H and O–H groups in total. The zero-order chi connectivity index (χ0) is 15.2. The summed E-state index contributed by atoms with van der Waals surface area (Å²) in [5, 5.41) is 4.33. The molecule has 0 saturated heterocycles. The number of rotatable bonds is 3. The highest BCUT2D eigenvalue weighted by molar-refractivity contribution is 6.91. The fourth-order valence-electron chi connectivity index (χ4n) is 3.88. The third-order valence-corrected chi connectivity index (χ3v) is 9.75. The summed E-state index contributed by atoms with van der Waals surface area (Å²) in [6.45, 7) is 5.07. The first-order chi connectivity index (χ1) is 10.7. The summed E-state index contributed by atoms with van der Waals surface area (Å²) in [6, 6.07) is 26.9. The summed E-state index contributed by atoms with van der Waals surface area (Å²) in [4.78, 5) is 0. The standard InChI is InChI=1S/C21H22Si/c1-22(2,19-10-4-3-5-11-19)21-15-20(21)18-13-12-16-8-6-7-9-17(16)14-18/h3-14,20-21H,15H2,1-2H3/t20-,21+/m1/s1. The Hall–Kier alpha value is -1.86. The van der Waals surface area contributed by atoms with Gasteiger partial charge in [0.1, 0.15) is 0 Å². The molecule has 3 aromatic carbocycles. The Bertz CT molecular complexity index is 804. The van der Waals surface area contributed by atoms with E-state index in [4.69, 9.17) is 0 Å². The lowest BCUT2D eigenvalue weighted by Gasteiger charge is -2.23. The van der Waals surface area contributed by atoms with Gasteiger partial charge in [-0.25, -0.2) is 0 Å². The van der Waals surface area contributed by atoms with Gasteiger partial charge >= 0.3 is 0 Å². The monoisotopic (exact) mass is 302 g/mol. The number of hydrogen-bond donors (Lipinski definition) is 0. The third-order valence-electron chi connectivity index (χ3n) is 5.44. The van der Waals surface area contributed by atoms with Gasteiger partial charge in [0.2, 0.25) is 0 Å². The quantitative estimate of drug-likeness (QED) is 0.575. The first-order valence-electron chi connectivity index (χ1n) is 8.20. The molecule has 1 heteroatoms. The molecule has 0 radical (unpaired) electrons. The van der Waals surface area contributed by atoms with Crippen molar-refractivity contribution in [3.05, 3.63) is 78.4 Å². The van der Waals surface area contributed by atoms with E-state index in [1.54, 1.807) is 10.8 Å². The molecule has 0 aliphatic heterocycles. The highest BCUT2D eigenvalue weighted by Gasteiger charge is 2.50. The van der Waals surface area contributed by atoms with Gasteiger partial charge in [0.05, 0.1) is 8.07 Å². The molecule has 0 spiro atoms. The Morgan fingerprint density at radius 2 is 1.45 bits per heavy atom. The largest absolute Gasteiger partial charge is 0.0843 e. The van der Waals surface area contributed by atoms with Crippen molar-refractivity contribution in [3.8, 4) is 0 Å². The molecule has 0 nitrogen and oxygen atoms in total. The van der Waals surface area contributed by atoms with Crippen LogP contribution < -0.4 is 5.19 Å². The van der Waals surface area contributed by atoms with E-state index < -0.39 is 8.07 Å². The summed E-state index contributed by atoms with van der Waals surface area (Å²) in [5.74, 6) is 0.770. The lowest BCUT2D eigenvalue weighted by atomic mass is 10.0. The first-order valence-corrected chi connectivity index (χ1v) is 11.3. The van der Waals surface area contributed by atoms with Crippen LogP contribution in [-0.2, 0) is 0 Å². The Kier molecular flexibility index (Phi) is 3.19. The molecule has 22 heavy (non-hydrogen) atoms. The Labute approximate surface area is 133 Å². The summed E-state index contributed by atoms with van der Waals surface area (Å²) < 4.78 is 0. The Balaban J connectivity index is 1.63. The van der Waals surface area contributed by atoms with E-state index in [-0.39, 0.29) is 0 Å². The van der Waals surface area contributed by atoms with Gasteiger partial charge in [-0.05, 0) is 34.2 Å². The van der Waals surface area contributed by atoms with Crippen molar-refractivity contribution >= 4 is 24.0 Å². The number of benzene rings is 3. The SMILES string of the molecule is C[Si](C)(c1ccccc1)[C@H]1C[C@@H]1c1ccc2ccccc2c1. The number of hydrogen-bond acceptors (Lipinski definition) is 0. The molecular formula is C21H22Si. The number of fused-ring (bicyclic) bond motifs is 1. The van der Waals surface area contributed by atoms with Crippen molar-refractivity contribution in [3.63, 3.8) is 0 Å². The van der Waals surface area contributed by atoms with E-state index >= 15 is 0 Å². The van der Waals surface area contributed by atoms with E-state index in [2.05, 4.69) is 85.9 Å². The zero-order valence-electron chi connectivity index (χ0n) is 13.3. The van der Waals surface area contributed by atoms with Crippen LogP contribution in [0.2, 0.25) is 18.6 Å². The van der Waals surface area contributed by atoms with Gasteiger partial charge < -0.3 is 0 Å². The molecule has 4 rings (SSSR count). The van der Waals surface area contributed by atoms with Crippen LogP contribution in [0.15, 0.2) is 72.8 Å². The minimum absolute atomic E-state index is 0.770. The van der Waals surface area contributed by atoms with Crippen LogP contribution in [0.5, 0.6) is 0 Å². The molecule has 110 valence electrons. The molecule has 2 atom stereocenters. The fraction of sp³-hybridized carbons (Fsp3) is 0.238. The highest BCUT2D eigenvalue weighted by atomic mass is 28.3. The minimum Gasteiger partial charge on any atom is -0.0652 e. The van der Waals surface area contributed by atoms with Gasteiger partial charge in [0.25, 0.3) is 0 Å². The third kappa shape index (κ3) is 2.30. The van der Waals surface area contributed by atoms with E-state index in [0.717, 1.165) is 11.5 Å². The maximum absolute atomic E-state index is 2.54. The second-order valence-electron chi connectivity index (χ2n) is 7.14. The van der Waals surface area contributed by atoms with Gasteiger partial charge in [-0.15, -0.1) is 0 Å². The molecule has 1 aliphatic rings. The molecule has 1 saturated carbocycles. The van der Waals surface area contributed by atoms with Gasteiger partial charge in [-0.1, -0.05) is 91.1 Å². The minimum atomic E-state index is -1.36. The highest BCUT2D eigenvalue weighted by Crippen LogP contribution is 2.58. The lowest BCUT2D eigenvalue weighted by Crippen LogP contribution is -2.42. The first kappa shape index (κ1) is 13.8. The van der Waals surface area contributed by atoms with Crippen LogP contribution >= 0.6 is 0 Å².